The SMILES string of the molecule is CCC1CCC(C(NC)c2sccc2Cl)C1. The minimum Gasteiger partial charge on any atom is -0.312 e. The van der Waals surface area contributed by atoms with Gasteiger partial charge in [0.2, 0.25) is 0 Å². The van der Waals surface area contributed by atoms with Gasteiger partial charge in [-0.15, -0.1) is 11.3 Å². The fraction of sp³-hybridized carbons (Fsp3) is 0.692. The first kappa shape index (κ1) is 12.4. The standard InChI is InChI=1S/C13H20ClNS/c1-3-9-4-5-10(8-9)12(15-2)13-11(14)6-7-16-13/h6-7,9-10,12,15H,3-5,8H2,1-2H3. The first-order valence-corrected chi connectivity index (χ1v) is 7.42. The Labute approximate surface area is 107 Å². The molecule has 1 nitrogen and oxygen atoms in total. The van der Waals surface area contributed by atoms with Crippen molar-refractivity contribution in [2.75, 3.05) is 7.05 Å². The molecule has 0 saturated heterocycles. The third kappa shape index (κ3) is 2.44. The van der Waals surface area contributed by atoms with Crippen molar-refractivity contribution in [2.45, 2.75) is 38.6 Å². The van der Waals surface area contributed by atoms with Gasteiger partial charge < -0.3 is 5.32 Å². The monoisotopic (exact) mass is 257 g/mol. The summed E-state index contributed by atoms with van der Waals surface area (Å²) >= 11 is 8.02. The van der Waals surface area contributed by atoms with Crippen LogP contribution in [0.4, 0.5) is 0 Å². The molecule has 3 atom stereocenters. The van der Waals surface area contributed by atoms with Crippen LogP contribution < -0.4 is 5.32 Å². The largest absolute Gasteiger partial charge is 0.312 e. The summed E-state index contributed by atoms with van der Waals surface area (Å²) in [6.45, 7) is 2.31. The highest BCUT2D eigenvalue weighted by atomic mass is 35.5. The van der Waals surface area contributed by atoms with Gasteiger partial charge in [0.05, 0.1) is 5.02 Å². The Morgan fingerprint density at radius 2 is 2.38 bits per heavy atom. The van der Waals surface area contributed by atoms with Crippen molar-refractivity contribution in [1.29, 1.82) is 0 Å². The number of rotatable bonds is 4. The highest BCUT2D eigenvalue weighted by molar-refractivity contribution is 7.10. The smallest absolute Gasteiger partial charge is 0.0561 e. The summed E-state index contributed by atoms with van der Waals surface area (Å²) in [5, 5.41) is 6.48. The molecule has 0 aromatic carbocycles. The number of thiophene rings is 1. The summed E-state index contributed by atoms with van der Waals surface area (Å²) in [5.74, 6) is 1.70. The molecule has 2 rings (SSSR count). The van der Waals surface area contributed by atoms with Gasteiger partial charge in [0.15, 0.2) is 0 Å². The molecule has 1 fully saturated rings. The Morgan fingerprint density at radius 3 is 2.88 bits per heavy atom. The van der Waals surface area contributed by atoms with E-state index in [1.165, 1.54) is 30.6 Å². The molecular weight excluding hydrogens is 238 g/mol. The summed E-state index contributed by atoms with van der Waals surface area (Å²) < 4.78 is 0. The van der Waals surface area contributed by atoms with Crippen LogP contribution in [0.5, 0.6) is 0 Å². The number of halogens is 1. The molecule has 0 radical (unpaired) electrons. The van der Waals surface area contributed by atoms with E-state index in [1.807, 2.05) is 6.07 Å². The molecule has 0 amide bonds. The molecule has 0 bridgehead atoms. The van der Waals surface area contributed by atoms with Crippen LogP contribution in [0.2, 0.25) is 5.02 Å². The predicted molar refractivity (Wildman–Crippen MR) is 72.3 cm³/mol. The van der Waals surface area contributed by atoms with Crippen LogP contribution in [0.3, 0.4) is 0 Å². The van der Waals surface area contributed by atoms with Crippen molar-refractivity contribution in [2.24, 2.45) is 11.8 Å². The van der Waals surface area contributed by atoms with Crippen molar-refractivity contribution >= 4 is 22.9 Å². The zero-order valence-electron chi connectivity index (χ0n) is 10.0. The maximum Gasteiger partial charge on any atom is 0.0561 e. The average molecular weight is 258 g/mol. The second-order valence-electron chi connectivity index (χ2n) is 4.75. The summed E-state index contributed by atoms with van der Waals surface area (Å²) in [5.41, 5.74) is 0. The Kier molecular flexibility index (Phi) is 4.28. The predicted octanol–water partition coefficient (Wildman–Crippen LogP) is 4.49. The van der Waals surface area contributed by atoms with Gasteiger partial charge >= 0.3 is 0 Å². The first-order valence-electron chi connectivity index (χ1n) is 6.16. The van der Waals surface area contributed by atoms with Crippen LogP contribution in [0, 0.1) is 11.8 Å². The lowest BCUT2D eigenvalue weighted by atomic mass is 9.95. The van der Waals surface area contributed by atoms with Gasteiger partial charge in [0, 0.05) is 10.9 Å². The molecule has 0 aliphatic heterocycles. The van der Waals surface area contributed by atoms with E-state index in [9.17, 15) is 0 Å². The summed E-state index contributed by atoms with van der Waals surface area (Å²) in [6.07, 6.45) is 5.42. The third-order valence-corrected chi connectivity index (χ3v) is 5.31. The molecule has 1 aromatic rings. The molecule has 1 aromatic heterocycles. The van der Waals surface area contributed by atoms with E-state index in [0.29, 0.717) is 6.04 Å². The first-order chi connectivity index (χ1) is 7.76. The van der Waals surface area contributed by atoms with Crippen molar-refractivity contribution in [3.63, 3.8) is 0 Å². The summed E-state index contributed by atoms with van der Waals surface area (Å²) in [7, 11) is 2.06. The molecular formula is C13H20ClNS. The molecule has 3 unspecified atom stereocenters. The number of hydrogen-bond acceptors (Lipinski definition) is 2. The molecule has 1 heterocycles. The van der Waals surface area contributed by atoms with Crippen molar-refractivity contribution < 1.29 is 0 Å². The van der Waals surface area contributed by atoms with Crippen LogP contribution in [0.25, 0.3) is 0 Å². The van der Waals surface area contributed by atoms with E-state index in [-0.39, 0.29) is 0 Å². The van der Waals surface area contributed by atoms with Crippen molar-refractivity contribution in [1.82, 2.24) is 5.32 Å². The van der Waals surface area contributed by atoms with Gasteiger partial charge in [0.1, 0.15) is 0 Å². The third-order valence-electron chi connectivity index (χ3n) is 3.87. The summed E-state index contributed by atoms with van der Waals surface area (Å²) in [6, 6.07) is 2.47. The Hall–Kier alpha value is -0.0500. The molecule has 3 heteroatoms. The molecule has 1 N–H and O–H groups in total. The lowest BCUT2D eigenvalue weighted by Gasteiger charge is -2.22. The number of hydrogen-bond donors (Lipinski definition) is 1. The maximum atomic E-state index is 6.23. The second kappa shape index (κ2) is 5.52. The molecule has 1 aliphatic rings. The highest BCUT2D eigenvalue weighted by Gasteiger charge is 2.31. The lowest BCUT2D eigenvalue weighted by Crippen LogP contribution is -2.23. The van der Waals surface area contributed by atoms with Crippen LogP contribution in [-0.2, 0) is 0 Å². The van der Waals surface area contributed by atoms with Gasteiger partial charge in [-0.1, -0.05) is 31.4 Å². The van der Waals surface area contributed by atoms with E-state index in [4.69, 9.17) is 11.6 Å². The van der Waals surface area contributed by atoms with E-state index in [2.05, 4.69) is 24.7 Å². The van der Waals surface area contributed by atoms with Gasteiger partial charge in [-0.25, -0.2) is 0 Å². The molecule has 90 valence electrons. The Bertz CT molecular complexity index is 336. The Morgan fingerprint density at radius 1 is 1.56 bits per heavy atom. The van der Waals surface area contributed by atoms with Gasteiger partial charge in [0.25, 0.3) is 0 Å². The fourth-order valence-corrected chi connectivity index (χ4v) is 4.27. The van der Waals surface area contributed by atoms with Crippen LogP contribution in [0.15, 0.2) is 11.4 Å². The minimum absolute atomic E-state index is 0.462. The van der Waals surface area contributed by atoms with Gasteiger partial charge in [-0.05, 0) is 43.2 Å². The average Bonchev–Trinajstić information content (AvgIpc) is 2.90. The Balaban J connectivity index is 2.09. The van der Waals surface area contributed by atoms with E-state index >= 15 is 0 Å². The number of nitrogens with one attached hydrogen (secondary N) is 1. The van der Waals surface area contributed by atoms with Gasteiger partial charge in [-0.2, -0.15) is 0 Å². The molecule has 0 spiro atoms. The van der Waals surface area contributed by atoms with Crippen LogP contribution in [0.1, 0.15) is 43.5 Å². The maximum absolute atomic E-state index is 6.23. The topological polar surface area (TPSA) is 12.0 Å². The van der Waals surface area contributed by atoms with Crippen LogP contribution >= 0.6 is 22.9 Å². The van der Waals surface area contributed by atoms with Crippen molar-refractivity contribution in [3.05, 3.63) is 21.3 Å². The van der Waals surface area contributed by atoms with E-state index < -0.39 is 0 Å². The highest BCUT2D eigenvalue weighted by Crippen LogP contribution is 2.43. The zero-order valence-corrected chi connectivity index (χ0v) is 11.6. The molecule has 16 heavy (non-hydrogen) atoms. The molecule has 1 saturated carbocycles. The van der Waals surface area contributed by atoms with Gasteiger partial charge in [-0.3, -0.25) is 0 Å². The minimum atomic E-state index is 0.462. The second-order valence-corrected chi connectivity index (χ2v) is 6.10. The lowest BCUT2D eigenvalue weighted by molar-refractivity contribution is 0.377. The van der Waals surface area contributed by atoms with Crippen LogP contribution in [-0.4, -0.2) is 7.05 Å². The molecule has 1 aliphatic carbocycles. The fourth-order valence-electron chi connectivity index (χ4n) is 2.90. The van der Waals surface area contributed by atoms with E-state index in [0.717, 1.165) is 16.9 Å². The normalized spacial score (nSPS) is 27.2. The zero-order chi connectivity index (χ0) is 11.5. The van der Waals surface area contributed by atoms with E-state index in [1.54, 1.807) is 11.3 Å². The summed E-state index contributed by atoms with van der Waals surface area (Å²) in [4.78, 5) is 1.32. The van der Waals surface area contributed by atoms with Crippen molar-refractivity contribution in [3.8, 4) is 0 Å². The quantitative estimate of drug-likeness (QED) is 0.838.